The maximum absolute atomic E-state index is 13.4. The summed E-state index contributed by atoms with van der Waals surface area (Å²) in [5.41, 5.74) is 8.01. The highest BCUT2D eigenvalue weighted by Gasteiger charge is 2.51. The number of rotatable bonds is 6. The van der Waals surface area contributed by atoms with Crippen LogP contribution in [0.4, 0.5) is 0 Å². The second kappa shape index (κ2) is 8.75. The standard InChI is InChI=1S/C22H27NO6S/c1-15(24)29-22(23,18-7-9-19(25)10-8-18)30(26,27)21-13-5-17(6-14-21)16-3-11-20(28-2)12-4-16/h3-6,11-14,18-19,25H,7-10,23H2,1-2H3. The molecule has 2 aromatic rings. The van der Waals surface area contributed by atoms with Gasteiger partial charge in [-0.05, 0) is 61.1 Å². The SMILES string of the molecule is COc1ccc(-c2ccc(S(=O)(=O)C(N)(OC(C)=O)C3CCC(O)CC3)cc2)cc1. The summed E-state index contributed by atoms with van der Waals surface area (Å²) in [4.78, 5) is 11.7. The van der Waals surface area contributed by atoms with Gasteiger partial charge in [-0.2, -0.15) is 0 Å². The van der Waals surface area contributed by atoms with E-state index < -0.39 is 32.9 Å². The van der Waals surface area contributed by atoms with E-state index in [2.05, 4.69) is 0 Å². The summed E-state index contributed by atoms with van der Waals surface area (Å²) >= 11 is 0. The normalized spacial score (nSPS) is 21.5. The van der Waals surface area contributed by atoms with Crippen molar-refractivity contribution in [3.8, 4) is 16.9 Å². The van der Waals surface area contributed by atoms with Gasteiger partial charge < -0.3 is 14.6 Å². The monoisotopic (exact) mass is 433 g/mol. The van der Waals surface area contributed by atoms with Crippen LogP contribution in [0.5, 0.6) is 5.75 Å². The molecular formula is C22H27NO6S. The van der Waals surface area contributed by atoms with Crippen molar-refractivity contribution in [3.63, 3.8) is 0 Å². The minimum atomic E-state index is -4.19. The third-order valence-corrected chi connectivity index (χ3v) is 7.73. The molecule has 0 spiro atoms. The van der Waals surface area contributed by atoms with E-state index in [9.17, 15) is 18.3 Å². The highest BCUT2D eigenvalue weighted by molar-refractivity contribution is 7.92. The number of hydrogen-bond donors (Lipinski definition) is 2. The van der Waals surface area contributed by atoms with Crippen molar-refractivity contribution < 1.29 is 27.8 Å². The van der Waals surface area contributed by atoms with E-state index in [1.165, 1.54) is 12.1 Å². The maximum Gasteiger partial charge on any atom is 0.305 e. The van der Waals surface area contributed by atoms with Gasteiger partial charge in [0, 0.05) is 12.8 Å². The molecule has 0 saturated heterocycles. The number of sulfone groups is 1. The lowest BCUT2D eigenvalue weighted by Crippen LogP contribution is -2.57. The number of ether oxygens (including phenoxy) is 2. The van der Waals surface area contributed by atoms with Crippen molar-refractivity contribution in [2.45, 2.75) is 48.7 Å². The van der Waals surface area contributed by atoms with E-state index in [4.69, 9.17) is 15.2 Å². The Morgan fingerprint density at radius 1 is 1.00 bits per heavy atom. The summed E-state index contributed by atoms with van der Waals surface area (Å²) in [6, 6.07) is 13.7. The Labute approximate surface area is 176 Å². The molecule has 8 heteroatoms. The molecule has 3 rings (SSSR count). The summed E-state index contributed by atoms with van der Waals surface area (Å²) in [5, 5.41) is 7.58. The molecule has 30 heavy (non-hydrogen) atoms. The molecule has 0 amide bonds. The lowest BCUT2D eigenvalue weighted by Gasteiger charge is -2.38. The molecule has 1 fully saturated rings. The van der Waals surface area contributed by atoms with Gasteiger partial charge in [-0.25, -0.2) is 8.42 Å². The van der Waals surface area contributed by atoms with Crippen molar-refractivity contribution in [2.75, 3.05) is 7.11 Å². The molecule has 2 aromatic carbocycles. The molecule has 1 atom stereocenters. The molecule has 1 unspecified atom stereocenters. The molecule has 0 aliphatic heterocycles. The summed E-state index contributed by atoms with van der Waals surface area (Å²) in [7, 11) is -2.60. The smallest absolute Gasteiger partial charge is 0.305 e. The Morgan fingerprint density at radius 3 is 1.97 bits per heavy atom. The number of esters is 1. The molecule has 1 saturated carbocycles. The Kier molecular flexibility index (Phi) is 6.50. The van der Waals surface area contributed by atoms with Crippen LogP contribution in [0.3, 0.4) is 0 Å². The van der Waals surface area contributed by atoms with Crippen molar-refractivity contribution in [3.05, 3.63) is 48.5 Å². The van der Waals surface area contributed by atoms with Gasteiger partial charge in [0.15, 0.2) is 0 Å². The number of carbonyl (C=O) groups excluding carboxylic acids is 1. The van der Waals surface area contributed by atoms with Crippen LogP contribution < -0.4 is 10.5 Å². The summed E-state index contributed by atoms with van der Waals surface area (Å²) < 4.78 is 37.2. The highest BCUT2D eigenvalue weighted by atomic mass is 32.2. The molecule has 0 heterocycles. The minimum absolute atomic E-state index is 0.0189. The second-order valence-electron chi connectivity index (χ2n) is 7.58. The lowest BCUT2D eigenvalue weighted by molar-refractivity contribution is -0.154. The Bertz CT molecular complexity index is 979. The quantitative estimate of drug-likeness (QED) is 0.531. The number of methoxy groups -OCH3 is 1. The Hall–Kier alpha value is -2.42. The van der Waals surface area contributed by atoms with E-state index in [1.807, 2.05) is 24.3 Å². The number of aliphatic hydroxyl groups is 1. The van der Waals surface area contributed by atoms with E-state index >= 15 is 0 Å². The fourth-order valence-corrected chi connectivity index (χ4v) is 5.62. The van der Waals surface area contributed by atoms with E-state index in [1.54, 1.807) is 19.2 Å². The topological polar surface area (TPSA) is 116 Å². The van der Waals surface area contributed by atoms with Crippen LogP contribution in [0.1, 0.15) is 32.6 Å². The van der Waals surface area contributed by atoms with Gasteiger partial charge >= 0.3 is 5.97 Å². The minimum Gasteiger partial charge on any atom is -0.497 e. The molecule has 3 N–H and O–H groups in total. The number of nitrogens with two attached hydrogens (primary N) is 1. The molecule has 1 aliphatic carbocycles. The number of benzene rings is 2. The first-order chi connectivity index (χ1) is 14.2. The van der Waals surface area contributed by atoms with Gasteiger partial charge in [0.2, 0.25) is 9.84 Å². The summed E-state index contributed by atoms with van der Waals surface area (Å²) in [6.07, 6.45) is 1.05. The van der Waals surface area contributed by atoms with Gasteiger partial charge in [0.25, 0.3) is 5.06 Å². The molecule has 0 bridgehead atoms. The molecule has 0 radical (unpaired) electrons. The molecule has 162 valence electrons. The van der Waals surface area contributed by atoms with E-state index in [0.717, 1.165) is 23.8 Å². The predicted molar refractivity (Wildman–Crippen MR) is 112 cm³/mol. The predicted octanol–water partition coefficient (Wildman–Crippen LogP) is 2.86. The van der Waals surface area contributed by atoms with Gasteiger partial charge in [-0.15, -0.1) is 0 Å². The van der Waals surface area contributed by atoms with E-state index in [-0.39, 0.29) is 4.90 Å². The first-order valence-corrected chi connectivity index (χ1v) is 11.3. The summed E-state index contributed by atoms with van der Waals surface area (Å²) in [6.45, 7) is 1.14. The van der Waals surface area contributed by atoms with Crippen LogP contribution in [-0.2, 0) is 19.4 Å². The van der Waals surface area contributed by atoms with Gasteiger partial charge in [-0.1, -0.05) is 24.3 Å². The maximum atomic E-state index is 13.4. The Balaban J connectivity index is 1.93. The third-order valence-electron chi connectivity index (χ3n) is 5.58. The number of hydrogen-bond acceptors (Lipinski definition) is 7. The second-order valence-corrected chi connectivity index (χ2v) is 9.69. The van der Waals surface area contributed by atoms with Crippen molar-refractivity contribution in [1.29, 1.82) is 0 Å². The van der Waals surface area contributed by atoms with Crippen LogP contribution in [0.2, 0.25) is 0 Å². The van der Waals surface area contributed by atoms with Crippen LogP contribution in [0.15, 0.2) is 53.4 Å². The zero-order valence-electron chi connectivity index (χ0n) is 17.1. The highest BCUT2D eigenvalue weighted by Crippen LogP contribution is 2.39. The summed E-state index contributed by atoms with van der Waals surface area (Å²) in [5.74, 6) is -0.636. The molecule has 7 nitrogen and oxygen atoms in total. The van der Waals surface area contributed by atoms with Crippen molar-refractivity contribution >= 4 is 15.8 Å². The third kappa shape index (κ3) is 4.35. The zero-order valence-corrected chi connectivity index (χ0v) is 17.9. The van der Waals surface area contributed by atoms with Gasteiger partial charge in [-0.3, -0.25) is 10.5 Å². The van der Waals surface area contributed by atoms with Gasteiger partial charge in [0.05, 0.1) is 18.1 Å². The average molecular weight is 434 g/mol. The average Bonchev–Trinajstić information content (AvgIpc) is 2.73. The van der Waals surface area contributed by atoms with Crippen LogP contribution in [0.25, 0.3) is 11.1 Å². The zero-order chi connectivity index (χ0) is 21.9. The largest absolute Gasteiger partial charge is 0.497 e. The number of carbonyl (C=O) groups is 1. The van der Waals surface area contributed by atoms with Crippen LogP contribution in [0, 0.1) is 5.92 Å². The van der Waals surface area contributed by atoms with Gasteiger partial charge in [0.1, 0.15) is 5.75 Å². The number of aliphatic hydroxyl groups excluding tert-OH is 1. The van der Waals surface area contributed by atoms with Crippen LogP contribution in [-0.4, -0.2) is 37.8 Å². The molecular weight excluding hydrogens is 406 g/mol. The molecule has 0 aromatic heterocycles. The Morgan fingerprint density at radius 2 is 1.50 bits per heavy atom. The van der Waals surface area contributed by atoms with Crippen molar-refractivity contribution in [2.24, 2.45) is 11.7 Å². The lowest BCUT2D eigenvalue weighted by atomic mass is 9.86. The first kappa shape index (κ1) is 22.3. The fourth-order valence-electron chi connectivity index (χ4n) is 3.85. The first-order valence-electron chi connectivity index (χ1n) is 9.83. The fraction of sp³-hybridized carbons (Fsp3) is 0.409. The van der Waals surface area contributed by atoms with Crippen molar-refractivity contribution in [1.82, 2.24) is 0 Å². The molecule has 1 aliphatic rings. The van der Waals surface area contributed by atoms with E-state index in [0.29, 0.717) is 25.7 Å². The van der Waals surface area contributed by atoms with Crippen LogP contribution >= 0.6 is 0 Å².